The van der Waals surface area contributed by atoms with Crippen molar-refractivity contribution in [1.82, 2.24) is 10.2 Å². The first-order valence-electron chi connectivity index (χ1n) is 9.57. The van der Waals surface area contributed by atoms with E-state index in [0.29, 0.717) is 12.0 Å². The standard InChI is InChI=1S/C22H32N2O2/c1-4-5-6-12-17-23-18(2)22(26)16-11-10-15-20(22)24(3)21(25)19-13-8-7-9-14-19/h4,7-9,12-14,17-18,20,23,26H,1,5-6,10-11,15-16H2,2-3H3/b17-12+/t18?,20?,22-/m0/s1. The van der Waals surface area contributed by atoms with Gasteiger partial charge in [-0.25, -0.2) is 0 Å². The number of hydrogen-bond acceptors (Lipinski definition) is 3. The van der Waals surface area contributed by atoms with E-state index in [2.05, 4.69) is 18.0 Å². The van der Waals surface area contributed by atoms with Crippen molar-refractivity contribution >= 4 is 5.91 Å². The van der Waals surface area contributed by atoms with Crippen LogP contribution < -0.4 is 5.32 Å². The number of nitrogens with zero attached hydrogens (tertiary/aromatic N) is 1. The average Bonchev–Trinajstić information content (AvgIpc) is 2.67. The first-order chi connectivity index (χ1) is 12.5. The van der Waals surface area contributed by atoms with Gasteiger partial charge in [0.25, 0.3) is 5.91 Å². The number of rotatable bonds is 8. The monoisotopic (exact) mass is 356 g/mol. The maximum atomic E-state index is 12.9. The number of allylic oxidation sites excluding steroid dienone is 2. The number of unbranched alkanes of at least 4 members (excludes halogenated alkanes) is 1. The van der Waals surface area contributed by atoms with Crippen LogP contribution in [0.2, 0.25) is 0 Å². The van der Waals surface area contributed by atoms with Crippen molar-refractivity contribution in [3.8, 4) is 0 Å². The summed E-state index contributed by atoms with van der Waals surface area (Å²) in [6.45, 7) is 5.71. The summed E-state index contributed by atoms with van der Waals surface area (Å²) < 4.78 is 0. The topological polar surface area (TPSA) is 52.6 Å². The van der Waals surface area contributed by atoms with Gasteiger partial charge in [-0.2, -0.15) is 0 Å². The normalized spacial score (nSPS) is 24.2. The van der Waals surface area contributed by atoms with Crippen LogP contribution in [0.3, 0.4) is 0 Å². The second-order valence-electron chi connectivity index (χ2n) is 7.19. The summed E-state index contributed by atoms with van der Waals surface area (Å²) in [6.07, 6.45) is 11.2. The molecule has 0 aromatic heterocycles. The van der Waals surface area contributed by atoms with Gasteiger partial charge < -0.3 is 15.3 Å². The Kier molecular flexibility index (Phi) is 7.46. The molecule has 0 bridgehead atoms. The van der Waals surface area contributed by atoms with E-state index in [1.165, 1.54) is 0 Å². The summed E-state index contributed by atoms with van der Waals surface area (Å²) in [5, 5.41) is 14.8. The minimum absolute atomic E-state index is 0.0374. The number of benzene rings is 1. The molecule has 1 saturated carbocycles. The van der Waals surface area contributed by atoms with E-state index < -0.39 is 5.60 Å². The Morgan fingerprint density at radius 1 is 1.38 bits per heavy atom. The van der Waals surface area contributed by atoms with Crippen molar-refractivity contribution in [3.63, 3.8) is 0 Å². The number of carbonyl (C=O) groups is 1. The summed E-state index contributed by atoms with van der Waals surface area (Å²) >= 11 is 0. The van der Waals surface area contributed by atoms with E-state index in [1.54, 1.807) is 4.90 Å². The fourth-order valence-corrected chi connectivity index (χ4v) is 3.78. The summed E-state index contributed by atoms with van der Waals surface area (Å²) in [6, 6.07) is 8.94. The maximum Gasteiger partial charge on any atom is 0.253 e. The SMILES string of the molecule is C=CCC/C=C/NC(C)[C@@]1(O)CCCCC1N(C)C(=O)c1ccccc1. The number of nitrogens with one attached hydrogen (secondary N) is 1. The Bertz CT molecular complexity index is 614. The Morgan fingerprint density at radius 3 is 2.81 bits per heavy atom. The number of hydrogen-bond donors (Lipinski definition) is 2. The molecule has 1 aliphatic carbocycles. The highest BCUT2D eigenvalue weighted by atomic mass is 16.3. The molecule has 1 aromatic carbocycles. The Labute approximate surface area is 157 Å². The van der Waals surface area contributed by atoms with Crippen molar-refractivity contribution < 1.29 is 9.90 Å². The molecule has 1 aromatic rings. The predicted octanol–water partition coefficient (Wildman–Crippen LogP) is 3.89. The fourth-order valence-electron chi connectivity index (χ4n) is 3.78. The van der Waals surface area contributed by atoms with Crippen LogP contribution in [0.25, 0.3) is 0 Å². The zero-order valence-corrected chi connectivity index (χ0v) is 16.0. The number of likely N-dealkylation sites (N-methyl/N-ethyl adjacent to an activating group) is 1. The van der Waals surface area contributed by atoms with Gasteiger partial charge in [0.1, 0.15) is 5.60 Å². The molecular formula is C22H32N2O2. The second kappa shape index (κ2) is 9.58. The molecule has 1 fully saturated rings. The molecule has 2 rings (SSSR count). The van der Waals surface area contributed by atoms with Crippen molar-refractivity contribution in [1.29, 1.82) is 0 Å². The smallest absolute Gasteiger partial charge is 0.253 e. The second-order valence-corrected chi connectivity index (χ2v) is 7.19. The lowest BCUT2D eigenvalue weighted by Crippen LogP contribution is -2.62. The highest BCUT2D eigenvalue weighted by Crippen LogP contribution is 2.35. The van der Waals surface area contributed by atoms with E-state index in [0.717, 1.165) is 32.1 Å². The van der Waals surface area contributed by atoms with E-state index in [9.17, 15) is 9.90 Å². The van der Waals surface area contributed by atoms with Gasteiger partial charge in [0.05, 0.1) is 12.1 Å². The van der Waals surface area contributed by atoms with Crippen LogP contribution in [0.4, 0.5) is 0 Å². The molecule has 4 nitrogen and oxygen atoms in total. The van der Waals surface area contributed by atoms with Crippen LogP contribution >= 0.6 is 0 Å². The van der Waals surface area contributed by atoms with Crippen LogP contribution in [0.5, 0.6) is 0 Å². The summed E-state index contributed by atoms with van der Waals surface area (Å²) in [4.78, 5) is 14.6. The molecule has 3 atom stereocenters. The highest BCUT2D eigenvalue weighted by Gasteiger charge is 2.46. The summed E-state index contributed by atoms with van der Waals surface area (Å²) in [5.41, 5.74) is -0.284. The van der Waals surface area contributed by atoms with Crippen LogP contribution in [0.15, 0.2) is 55.3 Å². The molecular weight excluding hydrogens is 324 g/mol. The minimum atomic E-state index is -0.944. The quantitative estimate of drug-likeness (QED) is 0.549. The lowest BCUT2D eigenvalue weighted by atomic mass is 9.75. The first kappa shape index (κ1) is 20.2. The van der Waals surface area contributed by atoms with Crippen LogP contribution in [-0.2, 0) is 0 Å². The minimum Gasteiger partial charge on any atom is -0.386 e. The molecule has 0 aliphatic heterocycles. The zero-order valence-electron chi connectivity index (χ0n) is 16.0. The van der Waals surface area contributed by atoms with E-state index in [-0.39, 0.29) is 18.0 Å². The predicted molar refractivity (Wildman–Crippen MR) is 107 cm³/mol. The third kappa shape index (κ3) is 4.76. The fraction of sp³-hybridized carbons (Fsp3) is 0.500. The molecule has 2 unspecified atom stereocenters. The lowest BCUT2D eigenvalue weighted by molar-refractivity contribution is -0.0777. The molecule has 1 aliphatic rings. The molecule has 142 valence electrons. The molecule has 0 heterocycles. The van der Waals surface area contributed by atoms with Gasteiger partial charge in [-0.1, -0.05) is 43.2 Å². The Hall–Kier alpha value is -2.07. The Morgan fingerprint density at radius 2 is 2.12 bits per heavy atom. The van der Waals surface area contributed by atoms with Crippen molar-refractivity contribution in [2.75, 3.05) is 7.05 Å². The van der Waals surface area contributed by atoms with Gasteiger partial charge in [0.15, 0.2) is 0 Å². The third-order valence-electron chi connectivity index (χ3n) is 5.44. The van der Waals surface area contributed by atoms with E-state index >= 15 is 0 Å². The highest BCUT2D eigenvalue weighted by molar-refractivity contribution is 5.94. The van der Waals surface area contributed by atoms with Gasteiger partial charge >= 0.3 is 0 Å². The van der Waals surface area contributed by atoms with E-state index in [1.807, 2.05) is 56.6 Å². The zero-order chi connectivity index (χ0) is 19.0. The van der Waals surface area contributed by atoms with E-state index in [4.69, 9.17) is 0 Å². The van der Waals surface area contributed by atoms with Gasteiger partial charge in [0, 0.05) is 12.6 Å². The van der Waals surface area contributed by atoms with Gasteiger partial charge in [-0.15, -0.1) is 6.58 Å². The molecule has 1 amide bonds. The molecule has 0 spiro atoms. The third-order valence-corrected chi connectivity index (χ3v) is 5.44. The molecule has 0 saturated heterocycles. The van der Waals surface area contributed by atoms with Gasteiger partial charge in [-0.3, -0.25) is 4.79 Å². The first-order valence-corrected chi connectivity index (χ1v) is 9.57. The van der Waals surface area contributed by atoms with Crippen LogP contribution in [0.1, 0.15) is 55.8 Å². The molecule has 4 heteroatoms. The maximum absolute atomic E-state index is 12.9. The van der Waals surface area contributed by atoms with Crippen LogP contribution in [-0.4, -0.2) is 40.6 Å². The van der Waals surface area contributed by atoms with Crippen molar-refractivity contribution in [3.05, 3.63) is 60.8 Å². The van der Waals surface area contributed by atoms with Crippen LogP contribution in [0, 0.1) is 0 Å². The number of aliphatic hydroxyl groups is 1. The summed E-state index contributed by atoms with van der Waals surface area (Å²) in [7, 11) is 1.81. The molecule has 26 heavy (non-hydrogen) atoms. The van der Waals surface area contributed by atoms with Gasteiger partial charge in [0.2, 0.25) is 0 Å². The molecule has 0 radical (unpaired) electrons. The lowest BCUT2D eigenvalue weighted by Gasteiger charge is -2.47. The largest absolute Gasteiger partial charge is 0.386 e. The Balaban J connectivity index is 2.10. The van der Waals surface area contributed by atoms with Crippen molar-refractivity contribution in [2.24, 2.45) is 0 Å². The number of carbonyl (C=O) groups excluding carboxylic acids is 1. The summed E-state index contributed by atoms with van der Waals surface area (Å²) in [5.74, 6) is -0.0374. The van der Waals surface area contributed by atoms with Gasteiger partial charge in [-0.05, 0) is 50.9 Å². The molecule has 2 N–H and O–H groups in total. The number of amides is 1. The van der Waals surface area contributed by atoms with Crippen molar-refractivity contribution in [2.45, 2.75) is 63.1 Å². The average molecular weight is 357 g/mol.